The number of furan rings is 1. The Balaban J connectivity index is 1.29. The summed E-state index contributed by atoms with van der Waals surface area (Å²) >= 11 is 0. The van der Waals surface area contributed by atoms with Crippen LogP contribution < -0.4 is 0 Å². The van der Waals surface area contributed by atoms with Crippen molar-refractivity contribution in [1.29, 1.82) is 0 Å². The molecule has 1 aromatic carbocycles. The van der Waals surface area contributed by atoms with Gasteiger partial charge in [-0.1, -0.05) is 24.3 Å². The van der Waals surface area contributed by atoms with Gasteiger partial charge in [-0.05, 0) is 36.1 Å². The van der Waals surface area contributed by atoms with Crippen molar-refractivity contribution < 1.29 is 18.7 Å². The van der Waals surface area contributed by atoms with E-state index in [-0.39, 0.29) is 17.6 Å². The first-order valence-electron chi connectivity index (χ1n) is 11.2. The normalized spacial score (nSPS) is 24.3. The predicted molar refractivity (Wildman–Crippen MR) is 115 cm³/mol. The van der Waals surface area contributed by atoms with E-state index in [1.165, 1.54) is 6.26 Å². The number of ether oxygens (including phenoxy) is 1. The number of fused-ring (bicyclic) bond motifs is 1. The molecule has 31 heavy (non-hydrogen) atoms. The van der Waals surface area contributed by atoms with Crippen LogP contribution in [-0.4, -0.2) is 78.0 Å². The molecule has 2 fully saturated rings. The van der Waals surface area contributed by atoms with Crippen molar-refractivity contribution in [1.82, 2.24) is 14.7 Å². The summed E-state index contributed by atoms with van der Waals surface area (Å²) in [6.07, 6.45) is 4.64. The lowest BCUT2D eigenvalue weighted by atomic mass is 9.92. The Labute approximate surface area is 182 Å². The molecular formula is C24H29N3O4. The first-order chi connectivity index (χ1) is 15.2. The van der Waals surface area contributed by atoms with Crippen LogP contribution in [0.15, 0.2) is 47.1 Å². The number of piperazine rings is 1. The van der Waals surface area contributed by atoms with E-state index in [0.29, 0.717) is 32.2 Å². The van der Waals surface area contributed by atoms with Gasteiger partial charge in [0.25, 0.3) is 5.91 Å². The van der Waals surface area contributed by atoms with Gasteiger partial charge in [0, 0.05) is 52.3 Å². The summed E-state index contributed by atoms with van der Waals surface area (Å²) in [4.78, 5) is 32.7. The van der Waals surface area contributed by atoms with Gasteiger partial charge in [-0.25, -0.2) is 0 Å². The highest BCUT2D eigenvalue weighted by molar-refractivity contribution is 5.96. The standard InChI is InChI=1S/C24H29N3O4/c28-23(26-11-9-25(10-12-26)17-20-7-3-13-30-20)21-15-18-5-1-2-6-19(18)16-27(21)24(29)22-8-4-14-31-22/h1-2,4-6,8,14,20-21H,3,7,9-13,15-17H2. The number of nitrogens with zero attached hydrogens (tertiary/aromatic N) is 3. The molecule has 2 aromatic rings. The summed E-state index contributed by atoms with van der Waals surface area (Å²) in [5, 5.41) is 0. The predicted octanol–water partition coefficient (Wildman–Crippen LogP) is 2.17. The molecular weight excluding hydrogens is 394 g/mol. The third kappa shape index (κ3) is 4.25. The lowest BCUT2D eigenvalue weighted by Gasteiger charge is -2.41. The number of hydrogen-bond acceptors (Lipinski definition) is 5. The smallest absolute Gasteiger partial charge is 0.290 e. The van der Waals surface area contributed by atoms with E-state index in [9.17, 15) is 9.59 Å². The van der Waals surface area contributed by atoms with Crippen LogP contribution in [-0.2, 0) is 22.5 Å². The Morgan fingerprint density at radius 2 is 1.81 bits per heavy atom. The second kappa shape index (κ2) is 8.85. The monoisotopic (exact) mass is 423 g/mol. The van der Waals surface area contributed by atoms with E-state index in [1.54, 1.807) is 17.0 Å². The van der Waals surface area contributed by atoms with Crippen LogP contribution in [0.2, 0.25) is 0 Å². The topological polar surface area (TPSA) is 66.2 Å². The first kappa shape index (κ1) is 20.3. The average Bonchev–Trinajstić information content (AvgIpc) is 3.52. The van der Waals surface area contributed by atoms with Crippen molar-refractivity contribution >= 4 is 11.8 Å². The highest BCUT2D eigenvalue weighted by Gasteiger charge is 2.38. The van der Waals surface area contributed by atoms with Gasteiger partial charge in [0.1, 0.15) is 6.04 Å². The molecule has 2 unspecified atom stereocenters. The van der Waals surface area contributed by atoms with Crippen molar-refractivity contribution in [2.75, 3.05) is 39.3 Å². The van der Waals surface area contributed by atoms with E-state index in [4.69, 9.17) is 9.15 Å². The highest BCUT2D eigenvalue weighted by Crippen LogP contribution is 2.27. The van der Waals surface area contributed by atoms with Crippen molar-refractivity contribution in [3.63, 3.8) is 0 Å². The first-order valence-corrected chi connectivity index (χ1v) is 11.2. The number of carbonyl (C=O) groups is 2. The van der Waals surface area contributed by atoms with Gasteiger partial charge < -0.3 is 19.0 Å². The second-order valence-electron chi connectivity index (χ2n) is 8.66. The third-order valence-corrected chi connectivity index (χ3v) is 6.70. The molecule has 4 heterocycles. The molecule has 0 bridgehead atoms. The molecule has 3 aliphatic heterocycles. The summed E-state index contributed by atoms with van der Waals surface area (Å²) in [6.45, 7) is 5.31. The zero-order valence-corrected chi connectivity index (χ0v) is 17.7. The van der Waals surface area contributed by atoms with Crippen molar-refractivity contribution in [2.45, 2.75) is 38.0 Å². The highest BCUT2D eigenvalue weighted by atomic mass is 16.5. The van der Waals surface area contributed by atoms with E-state index < -0.39 is 6.04 Å². The van der Waals surface area contributed by atoms with Gasteiger partial charge in [-0.15, -0.1) is 0 Å². The number of rotatable bonds is 4. The van der Waals surface area contributed by atoms with Gasteiger partial charge in [0.15, 0.2) is 5.76 Å². The summed E-state index contributed by atoms with van der Waals surface area (Å²) in [7, 11) is 0. The number of amides is 2. The third-order valence-electron chi connectivity index (χ3n) is 6.70. The molecule has 0 saturated carbocycles. The van der Waals surface area contributed by atoms with Gasteiger partial charge in [-0.2, -0.15) is 0 Å². The van der Waals surface area contributed by atoms with E-state index in [2.05, 4.69) is 11.0 Å². The maximum atomic E-state index is 13.6. The maximum absolute atomic E-state index is 13.6. The summed E-state index contributed by atoms with van der Waals surface area (Å²) < 4.78 is 11.1. The number of carbonyl (C=O) groups excluding carboxylic acids is 2. The average molecular weight is 424 g/mol. The summed E-state index contributed by atoms with van der Waals surface area (Å²) in [5.74, 6) is 0.0830. The van der Waals surface area contributed by atoms with Crippen LogP contribution in [0.4, 0.5) is 0 Å². The fraction of sp³-hybridized carbons (Fsp3) is 0.500. The van der Waals surface area contributed by atoms with Crippen molar-refractivity contribution in [2.24, 2.45) is 0 Å². The minimum absolute atomic E-state index is 0.0335. The second-order valence-corrected chi connectivity index (χ2v) is 8.66. The van der Waals surface area contributed by atoms with E-state index >= 15 is 0 Å². The molecule has 1 aromatic heterocycles. The molecule has 0 N–H and O–H groups in total. The van der Waals surface area contributed by atoms with Gasteiger partial charge in [0.2, 0.25) is 5.91 Å². The Morgan fingerprint density at radius 3 is 2.52 bits per heavy atom. The number of benzene rings is 1. The molecule has 7 nitrogen and oxygen atoms in total. The summed E-state index contributed by atoms with van der Waals surface area (Å²) in [5.41, 5.74) is 2.23. The van der Waals surface area contributed by atoms with Crippen LogP contribution in [0.5, 0.6) is 0 Å². The maximum Gasteiger partial charge on any atom is 0.290 e. The molecule has 0 radical (unpaired) electrons. The zero-order valence-electron chi connectivity index (χ0n) is 17.7. The van der Waals surface area contributed by atoms with E-state index in [0.717, 1.165) is 50.2 Å². The van der Waals surface area contributed by atoms with Crippen molar-refractivity contribution in [3.05, 3.63) is 59.5 Å². The lowest BCUT2D eigenvalue weighted by Crippen LogP contribution is -2.58. The molecule has 2 amide bonds. The van der Waals surface area contributed by atoms with Gasteiger partial charge in [-0.3, -0.25) is 14.5 Å². The summed E-state index contributed by atoms with van der Waals surface area (Å²) in [6, 6.07) is 10.9. The zero-order chi connectivity index (χ0) is 21.2. The minimum Gasteiger partial charge on any atom is -0.459 e. The fourth-order valence-electron chi connectivity index (χ4n) is 4.94. The van der Waals surface area contributed by atoms with Crippen LogP contribution in [0.3, 0.4) is 0 Å². The van der Waals surface area contributed by atoms with Crippen LogP contribution >= 0.6 is 0 Å². The molecule has 7 heteroatoms. The molecule has 0 aliphatic carbocycles. The van der Waals surface area contributed by atoms with Crippen LogP contribution in [0.1, 0.15) is 34.5 Å². The molecule has 164 valence electrons. The van der Waals surface area contributed by atoms with Gasteiger partial charge >= 0.3 is 0 Å². The molecule has 5 rings (SSSR count). The molecule has 2 saturated heterocycles. The number of hydrogen-bond donors (Lipinski definition) is 0. The van der Waals surface area contributed by atoms with Crippen LogP contribution in [0.25, 0.3) is 0 Å². The Hall–Kier alpha value is -2.64. The Morgan fingerprint density at radius 1 is 1.00 bits per heavy atom. The minimum atomic E-state index is -0.503. The molecule has 2 atom stereocenters. The SMILES string of the molecule is O=C(C1Cc2ccccc2CN1C(=O)c1ccco1)N1CCN(CC2CCCO2)CC1. The lowest BCUT2D eigenvalue weighted by molar-refractivity contribution is -0.138. The van der Waals surface area contributed by atoms with Crippen LogP contribution in [0, 0.1) is 0 Å². The van der Waals surface area contributed by atoms with E-state index in [1.807, 2.05) is 23.1 Å². The Kier molecular flexibility index (Phi) is 5.78. The Bertz CT molecular complexity index is 915. The molecule has 0 spiro atoms. The quantitative estimate of drug-likeness (QED) is 0.754. The molecule has 3 aliphatic rings. The van der Waals surface area contributed by atoms with Crippen molar-refractivity contribution in [3.8, 4) is 0 Å². The largest absolute Gasteiger partial charge is 0.459 e. The van der Waals surface area contributed by atoms with Gasteiger partial charge in [0.05, 0.1) is 12.4 Å². The fourth-order valence-corrected chi connectivity index (χ4v) is 4.94.